The Morgan fingerprint density at radius 1 is 1.08 bits per heavy atom. The fourth-order valence-corrected chi connectivity index (χ4v) is 3.17. The van der Waals surface area contributed by atoms with Crippen LogP contribution in [-0.4, -0.2) is 25.2 Å². The first-order valence-corrected chi connectivity index (χ1v) is 8.40. The van der Waals surface area contributed by atoms with Gasteiger partial charge in [0, 0.05) is 0 Å². The Morgan fingerprint density at radius 3 is 2.17 bits per heavy atom. The molecule has 1 atom stereocenters. The number of benzene rings is 2. The summed E-state index contributed by atoms with van der Waals surface area (Å²) in [4.78, 5) is 12.6. The van der Waals surface area contributed by atoms with Gasteiger partial charge in [-0.3, -0.25) is 4.79 Å². The zero-order chi connectivity index (χ0) is 16.2. The summed E-state index contributed by atoms with van der Waals surface area (Å²) in [6.45, 7) is 5.63. The number of esters is 1. The van der Waals surface area contributed by atoms with Gasteiger partial charge < -0.3 is 22.5 Å². The second-order valence-electron chi connectivity index (χ2n) is 6.18. The summed E-state index contributed by atoms with van der Waals surface area (Å²) in [5, 5.41) is 2.23. The van der Waals surface area contributed by atoms with Gasteiger partial charge in [-0.25, -0.2) is 0 Å². The first-order chi connectivity index (χ1) is 11.2. The average molecular weight is 346 g/mol. The van der Waals surface area contributed by atoms with Crippen LogP contribution in [0.2, 0.25) is 0 Å². The number of hydrogen-bond acceptors (Lipinski definition) is 2. The number of quaternary nitrogens is 1. The van der Waals surface area contributed by atoms with Crippen LogP contribution in [-0.2, 0) is 9.53 Å². The van der Waals surface area contributed by atoms with Gasteiger partial charge in [0.05, 0.1) is 6.04 Å². The molecule has 0 radical (unpaired) electrons. The molecule has 128 valence electrons. The summed E-state index contributed by atoms with van der Waals surface area (Å²) < 4.78 is 5.56. The number of halogens is 1. The minimum Gasteiger partial charge on any atom is -1.00 e. The second-order valence-corrected chi connectivity index (χ2v) is 6.18. The quantitative estimate of drug-likeness (QED) is 0.577. The maximum absolute atomic E-state index is 12.6. The molecule has 0 amide bonds. The lowest BCUT2D eigenvalue weighted by Gasteiger charge is -2.13. The molecule has 3 rings (SSSR count). The molecule has 4 heteroatoms. The van der Waals surface area contributed by atoms with E-state index >= 15 is 0 Å². The van der Waals surface area contributed by atoms with Crippen molar-refractivity contribution in [2.24, 2.45) is 0 Å². The smallest absolute Gasteiger partial charge is 0.318 e. The van der Waals surface area contributed by atoms with Crippen LogP contribution in [0.1, 0.15) is 37.3 Å². The highest BCUT2D eigenvalue weighted by Gasteiger charge is 2.34. The molecule has 0 saturated carbocycles. The van der Waals surface area contributed by atoms with Crippen molar-refractivity contribution in [1.82, 2.24) is 0 Å². The predicted molar refractivity (Wildman–Crippen MR) is 91.2 cm³/mol. The maximum atomic E-state index is 12.6. The van der Waals surface area contributed by atoms with Crippen molar-refractivity contribution < 1.29 is 27.3 Å². The molecule has 0 aromatic heterocycles. The maximum Gasteiger partial charge on any atom is 0.318 e. The molecular formula is C20H24ClNO2. The van der Waals surface area contributed by atoms with Crippen molar-refractivity contribution >= 4 is 5.97 Å². The molecule has 0 saturated heterocycles. The van der Waals surface area contributed by atoms with Crippen molar-refractivity contribution in [3.8, 4) is 11.1 Å². The Kier molecular flexibility index (Phi) is 6.41. The molecule has 0 fully saturated rings. The third-order valence-electron chi connectivity index (χ3n) is 4.64. The van der Waals surface area contributed by atoms with Crippen LogP contribution in [0.4, 0.5) is 0 Å². The highest BCUT2D eigenvalue weighted by molar-refractivity contribution is 5.93. The summed E-state index contributed by atoms with van der Waals surface area (Å²) in [6.07, 6.45) is 1.12. The van der Waals surface area contributed by atoms with Gasteiger partial charge >= 0.3 is 5.97 Å². The number of fused-ring (bicyclic) bond motifs is 3. The van der Waals surface area contributed by atoms with Gasteiger partial charge in [0.1, 0.15) is 19.1 Å². The van der Waals surface area contributed by atoms with Crippen LogP contribution in [0.5, 0.6) is 0 Å². The van der Waals surface area contributed by atoms with E-state index in [1.165, 1.54) is 0 Å². The largest absolute Gasteiger partial charge is 1.00 e. The Hall–Kier alpha value is -1.84. The second kappa shape index (κ2) is 8.32. The van der Waals surface area contributed by atoms with E-state index < -0.39 is 0 Å². The van der Waals surface area contributed by atoms with E-state index in [1.807, 2.05) is 36.4 Å². The molecule has 24 heavy (non-hydrogen) atoms. The van der Waals surface area contributed by atoms with E-state index in [0.717, 1.165) is 35.2 Å². The predicted octanol–water partition coefficient (Wildman–Crippen LogP) is -0.292. The summed E-state index contributed by atoms with van der Waals surface area (Å²) in [7, 11) is 0. The lowest BCUT2D eigenvalue weighted by molar-refractivity contribution is -0.687. The number of rotatable bonds is 6. The van der Waals surface area contributed by atoms with Gasteiger partial charge in [0.15, 0.2) is 0 Å². The molecule has 2 aromatic carbocycles. The van der Waals surface area contributed by atoms with Gasteiger partial charge in [-0.2, -0.15) is 0 Å². The Morgan fingerprint density at radius 2 is 1.62 bits per heavy atom. The van der Waals surface area contributed by atoms with E-state index in [4.69, 9.17) is 4.74 Å². The van der Waals surface area contributed by atoms with Gasteiger partial charge in [0.25, 0.3) is 0 Å². The fourth-order valence-electron chi connectivity index (χ4n) is 3.17. The normalized spacial score (nSPS) is 13.6. The van der Waals surface area contributed by atoms with Gasteiger partial charge in [-0.05, 0) is 35.6 Å². The number of carbonyl (C=O) groups is 1. The van der Waals surface area contributed by atoms with E-state index in [0.29, 0.717) is 12.6 Å². The summed E-state index contributed by atoms with van der Waals surface area (Å²) >= 11 is 0. The van der Waals surface area contributed by atoms with Crippen LogP contribution in [0.25, 0.3) is 11.1 Å². The standard InChI is InChI=1S/C20H23NO2.ClH/c1-3-14(2)21-12-13-23-20(22)19-17-10-6-4-8-15(17)16-9-5-7-11-18(16)19;/h4-11,14,19,21H,3,12-13H2,1-2H3;1H. The number of ether oxygens (including phenoxy) is 1. The first kappa shape index (κ1) is 18.5. The minimum atomic E-state index is -0.286. The Balaban J connectivity index is 0.00000208. The molecule has 0 bridgehead atoms. The summed E-state index contributed by atoms with van der Waals surface area (Å²) in [6, 6.07) is 16.8. The molecule has 0 aliphatic heterocycles. The van der Waals surface area contributed by atoms with E-state index in [9.17, 15) is 4.79 Å². The molecule has 1 unspecified atom stereocenters. The van der Waals surface area contributed by atoms with Crippen molar-refractivity contribution in [3.63, 3.8) is 0 Å². The molecule has 2 N–H and O–H groups in total. The molecular weight excluding hydrogens is 322 g/mol. The third kappa shape index (κ3) is 3.63. The first-order valence-electron chi connectivity index (χ1n) is 8.40. The lowest BCUT2D eigenvalue weighted by Crippen LogP contribution is -3.00. The summed E-state index contributed by atoms with van der Waals surface area (Å²) in [5.41, 5.74) is 4.42. The molecule has 2 aromatic rings. The van der Waals surface area contributed by atoms with Crippen LogP contribution < -0.4 is 17.7 Å². The monoisotopic (exact) mass is 345 g/mol. The highest BCUT2D eigenvalue weighted by atomic mass is 35.5. The van der Waals surface area contributed by atoms with Gasteiger partial charge in [-0.15, -0.1) is 0 Å². The highest BCUT2D eigenvalue weighted by Crippen LogP contribution is 2.44. The zero-order valence-corrected chi connectivity index (χ0v) is 14.9. The van der Waals surface area contributed by atoms with Crippen LogP contribution in [0.15, 0.2) is 48.5 Å². The SMILES string of the molecule is CCC(C)[NH2+]CCOC(=O)C1c2ccccc2-c2ccccc21.[Cl-]. The Labute approximate surface area is 149 Å². The van der Waals surface area contributed by atoms with Gasteiger partial charge in [0.2, 0.25) is 0 Å². The topological polar surface area (TPSA) is 42.9 Å². The molecule has 0 heterocycles. The zero-order valence-electron chi connectivity index (χ0n) is 14.2. The summed E-state index contributed by atoms with van der Waals surface area (Å²) in [5.74, 6) is -0.425. The van der Waals surface area contributed by atoms with Crippen LogP contribution in [0.3, 0.4) is 0 Å². The molecule has 1 aliphatic carbocycles. The number of hydrogen-bond donors (Lipinski definition) is 1. The number of carbonyl (C=O) groups excluding carboxylic acids is 1. The minimum absolute atomic E-state index is 0. The molecule has 3 nitrogen and oxygen atoms in total. The van der Waals surface area contributed by atoms with Crippen molar-refractivity contribution in [2.45, 2.75) is 32.2 Å². The van der Waals surface area contributed by atoms with E-state index in [-0.39, 0.29) is 24.3 Å². The third-order valence-corrected chi connectivity index (χ3v) is 4.64. The van der Waals surface area contributed by atoms with E-state index in [2.05, 4.69) is 31.3 Å². The van der Waals surface area contributed by atoms with Gasteiger partial charge in [-0.1, -0.05) is 55.5 Å². The van der Waals surface area contributed by atoms with Crippen molar-refractivity contribution in [3.05, 3.63) is 59.7 Å². The Bertz CT molecular complexity index is 656. The van der Waals surface area contributed by atoms with Crippen molar-refractivity contribution in [1.29, 1.82) is 0 Å². The number of nitrogens with two attached hydrogens (primary N) is 1. The van der Waals surface area contributed by atoms with E-state index in [1.54, 1.807) is 0 Å². The molecule has 0 spiro atoms. The lowest BCUT2D eigenvalue weighted by atomic mass is 9.97. The van der Waals surface area contributed by atoms with Crippen LogP contribution in [0, 0.1) is 0 Å². The molecule has 1 aliphatic rings. The average Bonchev–Trinajstić information content (AvgIpc) is 2.93. The van der Waals surface area contributed by atoms with Crippen LogP contribution >= 0.6 is 0 Å². The fraction of sp³-hybridized carbons (Fsp3) is 0.350. The van der Waals surface area contributed by atoms with Crippen molar-refractivity contribution in [2.75, 3.05) is 13.2 Å².